The fraction of sp³-hybridized carbons (Fsp3) is 0.579. The number of hydrogen-bond acceptors (Lipinski definition) is 5. The van der Waals surface area contributed by atoms with Crippen LogP contribution < -0.4 is 15.2 Å². The second kappa shape index (κ2) is 8.48. The minimum atomic E-state index is -3.46. The molecule has 8 nitrogen and oxygen atoms in total. The van der Waals surface area contributed by atoms with Crippen molar-refractivity contribution in [1.82, 2.24) is 5.32 Å². The molecule has 156 valence electrons. The van der Waals surface area contributed by atoms with Gasteiger partial charge in [-0.15, -0.1) is 4.36 Å². The zero-order valence-electron chi connectivity index (χ0n) is 17.0. The molecule has 9 heteroatoms. The van der Waals surface area contributed by atoms with Crippen LogP contribution in [0.4, 0.5) is 4.79 Å². The van der Waals surface area contributed by atoms with E-state index >= 15 is 0 Å². The molecular formula is C19H29N3O5S. The average Bonchev–Trinajstić information content (AvgIpc) is 2.99. The van der Waals surface area contributed by atoms with E-state index in [1.54, 1.807) is 39.0 Å². The van der Waals surface area contributed by atoms with Gasteiger partial charge in [0.25, 0.3) is 5.91 Å². The number of hydrogen-bond donors (Lipinski definition) is 2. The Morgan fingerprint density at radius 2 is 2.04 bits per heavy atom. The Labute approximate surface area is 166 Å². The van der Waals surface area contributed by atoms with E-state index in [1.165, 1.54) is 0 Å². The van der Waals surface area contributed by atoms with Gasteiger partial charge in [0.05, 0.1) is 11.5 Å². The van der Waals surface area contributed by atoms with Crippen molar-refractivity contribution in [3.63, 3.8) is 0 Å². The first kappa shape index (κ1) is 22.2. The van der Waals surface area contributed by atoms with Crippen LogP contribution >= 0.6 is 0 Å². The molecule has 1 heterocycles. The molecule has 1 unspecified atom stereocenters. The third kappa shape index (κ3) is 6.20. The molecular weight excluding hydrogens is 382 g/mol. The van der Waals surface area contributed by atoms with E-state index in [0.29, 0.717) is 19.4 Å². The minimum Gasteiger partial charge on any atom is -0.493 e. The second-order valence-electron chi connectivity index (χ2n) is 8.19. The number of nitrogens with one attached hydrogen (secondary N) is 1. The van der Waals surface area contributed by atoms with E-state index in [2.05, 4.69) is 9.68 Å². The van der Waals surface area contributed by atoms with Crippen LogP contribution in [0.5, 0.6) is 5.75 Å². The normalized spacial score (nSPS) is 16.5. The van der Waals surface area contributed by atoms with Gasteiger partial charge >= 0.3 is 6.09 Å². The zero-order chi connectivity index (χ0) is 21.1. The molecule has 0 fully saturated rings. The molecule has 3 N–H and O–H groups in total. The Morgan fingerprint density at radius 1 is 1.36 bits per heavy atom. The molecule has 1 aliphatic heterocycles. The highest BCUT2D eigenvalue weighted by Crippen LogP contribution is 2.27. The maximum atomic E-state index is 12.9. The Balaban J connectivity index is 2.24. The van der Waals surface area contributed by atoms with Gasteiger partial charge in [0.2, 0.25) is 0 Å². The molecule has 1 aliphatic rings. The summed E-state index contributed by atoms with van der Waals surface area (Å²) in [4.78, 5) is 25.0. The Kier molecular flexibility index (Phi) is 6.71. The molecule has 0 aromatic heterocycles. The highest BCUT2D eigenvalue weighted by molar-refractivity contribution is 7.91. The summed E-state index contributed by atoms with van der Waals surface area (Å²) in [7, 11) is -3.46. The van der Waals surface area contributed by atoms with Gasteiger partial charge in [0.1, 0.15) is 27.3 Å². The molecule has 0 saturated carbocycles. The van der Waals surface area contributed by atoms with Crippen LogP contribution in [0.25, 0.3) is 0 Å². The van der Waals surface area contributed by atoms with Crippen LogP contribution in [-0.2, 0) is 25.9 Å². The summed E-state index contributed by atoms with van der Waals surface area (Å²) < 4.78 is 27.3. The number of alkyl carbamates (subject to hydrolysis) is 1. The summed E-state index contributed by atoms with van der Waals surface area (Å²) in [5.41, 5.74) is 0.171. The standard InChI is InChI=1S/C19H29N3O5S/c1-12(2)10-15(21-18(24)27-19(3,4)5)17(23)22-28(20,25)14-6-7-16-13(11-14)8-9-26-16/h6-7,11-12,15H,8-10H2,1-5H3,(H,21,24)(H2,20,22,23,25)/t15-,28?/m0/s1. The maximum Gasteiger partial charge on any atom is 0.408 e. The highest BCUT2D eigenvalue weighted by atomic mass is 32.2. The lowest BCUT2D eigenvalue weighted by molar-refractivity contribution is -0.120. The SMILES string of the molecule is CC(C)C[C@H](NC(=O)OC(C)(C)C)C(=O)N=S(N)(=O)c1ccc2c(c1)CCO2. The van der Waals surface area contributed by atoms with E-state index in [-0.39, 0.29) is 10.8 Å². The summed E-state index contributed by atoms with van der Waals surface area (Å²) in [5.74, 6) is 0.0587. The minimum absolute atomic E-state index is 0.0880. The van der Waals surface area contributed by atoms with E-state index in [9.17, 15) is 13.8 Å². The highest BCUT2D eigenvalue weighted by Gasteiger charge is 2.26. The molecule has 0 spiro atoms. The number of fused-ring (bicyclic) bond motifs is 1. The number of carbonyl (C=O) groups is 2. The number of carbonyl (C=O) groups excluding carboxylic acids is 2. The third-order valence-corrected chi connectivity index (χ3v) is 5.30. The topological polar surface area (TPSA) is 120 Å². The third-order valence-electron chi connectivity index (χ3n) is 3.92. The maximum absolute atomic E-state index is 12.9. The number of ether oxygens (including phenoxy) is 2. The van der Waals surface area contributed by atoms with E-state index < -0.39 is 33.6 Å². The van der Waals surface area contributed by atoms with Crippen LogP contribution in [-0.4, -0.2) is 34.5 Å². The van der Waals surface area contributed by atoms with Gasteiger partial charge in [-0.2, -0.15) is 0 Å². The van der Waals surface area contributed by atoms with Gasteiger partial charge in [-0.05, 0) is 56.9 Å². The smallest absolute Gasteiger partial charge is 0.408 e. The van der Waals surface area contributed by atoms with E-state index in [1.807, 2.05) is 13.8 Å². The molecule has 1 aromatic carbocycles. The van der Waals surface area contributed by atoms with E-state index in [4.69, 9.17) is 14.6 Å². The summed E-state index contributed by atoms with van der Waals surface area (Å²) in [6.07, 6.45) is 0.262. The van der Waals surface area contributed by atoms with Gasteiger partial charge in [-0.25, -0.2) is 14.1 Å². The molecule has 0 saturated heterocycles. The first-order valence-corrected chi connectivity index (χ1v) is 10.8. The predicted octanol–water partition coefficient (Wildman–Crippen LogP) is 2.79. The molecule has 2 atom stereocenters. The second-order valence-corrected chi connectivity index (χ2v) is 9.99. The van der Waals surface area contributed by atoms with Crippen molar-refractivity contribution in [1.29, 1.82) is 0 Å². The lowest BCUT2D eigenvalue weighted by Crippen LogP contribution is -2.44. The summed E-state index contributed by atoms with van der Waals surface area (Å²) in [6, 6.07) is 3.90. The molecule has 0 bridgehead atoms. The fourth-order valence-corrected chi connectivity index (χ4v) is 3.81. The van der Waals surface area contributed by atoms with Gasteiger partial charge in [-0.3, -0.25) is 4.79 Å². The summed E-state index contributed by atoms with van der Waals surface area (Å²) in [5, 5.41) is 8.40. The zero-order valence-corrected chi connectivity index (χ0v) is 17.8. The lowest BCUT2D eigenvalue weighted by Gasteiger charge is -2.23. The number of amides is 2. The van der Waals surface area contributed by atoms with Crippen molar-refractivity contribution in [2.45, 2.75) is 64.0 Å². The Bertz CT molecular complexity index is 867. The number of benzene rings is 1. The monoisotopic (exact) mass is 411 g/mol. The fourth-order valence-electron chi connectivity index (χ4n) is 2.74. The van der Waals surface area contributed by atoms with E-state index in [0.717, 1.165) is 11.3 Å². The number of nitrogens with zero attached hydrogens (tertiary/aromatic N) is 1. The molecule has 0 aliphatic carbocycles. The Hall–Kier alpha value is -2.13. The van der Waals surface area contributed by atoms with Crippen molar-refractivity contribution in [2.24, 2.45) is 15.4 Å². The van der Waals surface area contributed by atoms with Crippen molar-refractivity contribution >= 4 is 21.9 Å². The Morgan fingerprint density at radius 3 is 2.64 bits per heavy atom. The van der Waals surface area contributed by atoms with Crippen LogP contribution in [0.15, 0.2) is 27.5 Å². The summed E-state index contributed by atoms with van der Waals surface area (Å²) in [6.45, 7) is 9.52. The molecule has 2 amide bonds. The number of nitrogens with two attached hydrogens (primary N) is 1. The van der Waals surface area contributed by atoms with Gasteiger partial charge in [0.15, 0.2) is 0 Å². The molecule has 1 aromatic rings. The van der Waals surface area contributed by atoms with Crippen LogP contribution in [0.1, 0.15) is 46.6 Å². The largest absolute Gasteiger partial charge is 0.493 e. The first-order valence-electron chi connectivity index (χ1n) is 9.21. The van der Waals surface area contributed by atoms with Crippen molar-refractivity contribution in [3.8, 4) is 5.75 Å². The molecule has 28 heavy (non-hydrogen) atoms. The summed E-state index contributed by atoms with van der Waals surface area (Å²) >= 11 is 0. The quantitative estimate of drug-likeness (QED) is 0.772. The van der Waals surface area contributed by atoms with Crippen LogP contribution in [0.3, 0.4) is 0 Å². The predicted molar refractivity (Wildman–Crippen MR) is 106 cm³/mol. The van der Waals surface area contributed by atoms with Crippen molar-refractivity contribution in [3.05, 3.63) is 23.8 Å². The lowest BCUT2D eigenvalue weighted by atomic mass is 10.0. The van der Waals surface area contributed by atoms with Crippen molar-refractivity contribution < 1.29 is 23.3 Å². The van der Waals surface area contributed by atoms with Crippen molar-refractivity contribution in [2.75, 3.05) is 6.61 Å². The average molecular weight is 412 g/mol. The van der Waals surface area contributed by atoms with Gasteiger partial charge in [-0.1, -0.05) is 13.8 Å². The van der Waals surface area contributed by atoms with Gasteiger partial charge < -0.3 is 14.8 Å². The molecule has 2 rings (SSSR count). The van der Waals surface area contributed by atoms with Crippen LogP contribution in [0, 0.1) is 5.92 Å². The number of rotatable bonds is 5. The first-order chi connectivity index (χ1) is 12.9. The molecule has 0 radical (unpaired) electrons. The van der Waals surface area contributed by atoms with Gasteiger partial charge in [0, 0.05) is 6.42 Å². The van der Waals surface area contributed by atoms with Crippen LogP contribution in [0.2, 0.25) is 0 Å².